The lowest BCUT2D eigenvalue weighted by Gasteiger charge is -2.11. The van der Waals surface area contributed by atoms with Crippen LogP contribution in [0.15, 0.2) is 42.5 Å². The van der Waals surface area contributed by atoms with Crippen LogP contribution in [-0.2, 0) is 11.3 Å². The number of anilines is 1. The van der Waals surface area contributed by atoms with Crippen LogP contribution in [0.2, 0.25) is 0 Å². The highest BCUT2D eigenvalue weighted by molar-refractivity contribution is 5.95. The molecule has 110 valence electrons. The number of methoxy groups -OCH3 is 2. The molecule has 0 bridgehead atoms. The van der Waals surface area contributed by atoms with Crippen LogP contribution in [0, 0.1) is 5.82 Å². The van der Waals surface area contributed by atoms with Gasteiger partial charge in [-0.1, -0.05) is 12.1 Å². The fourth-order valence-corrected chi connectivity index (χ4v) is 1.89. The number of halogens is 1. The number of carbonyl (C=O) groups excluding carboxylic acids is 1. The average molecular weight is 289 g/mol. The molecule has 0 atom stereocenters. The Kier molecular flexibility index (Phi) is 4.77. The van der Waals surface area contributed by atoms with E-state index in [2.05, 4.69) is 10.1 Å². The summed E-state index contributed by atoms with van der Waals surface area (Å²) < 4.78 is 23.1. The summed E-state index contributed by atoms with van der Waals surface area (Å²) in [6.07, 6.45) is 0. The number of rotatable bonds is 5. The van der Waals surface area contributed by atoms with Crippen LogP contribution in [0.4, 0.5) is 10.1 Å². The second-order valence-corrected chi connectivity index (χ2v) is 4.38. The van der Waals surface area contributed by atoms with Crippen LogP contribution in [0.1, 0.15) is 15.9 Å². The van der Waals surface area contributed by atoms with Crippen molar-refractivity contribution in [1.82, 2.24) is 0 Å². The van der Waals surface area contributed by atoms with Gasteiger partial charge in [0.05, 0.1) is 25.5 Å². The largest absolute Gasteiger partial charge is 0.497 e. The van der Waals surface area contributed by atoms with Gasteiger partial charge in [0, 0.05) is 6.54 Å². The predicted molar refractivity (Wildman–Crippen MR) is 78.1 cm³/mol. The van der Waals surface area contributed by atoms with E-state index in [0.29, 0.717) is 17.8 Å². The van der Waals surface area contributed by atoms with Crippen molar-refractivity contribution in [3.8, 4) is 5.75 Å². The normalized spacial score (nSPS) is 10.0. The highest BCUT2D eigenvalue weighted by Gasteiger charge is 2.12. The first-order valence-electron chi connectivity index (χ1n) is 6.38. The molecule has 0 aromatic heterocycles. The number of benzene rings is 2. The van der Waals surface area contributed by atoms with Gasteiger partial charge in [0.1, 0.15) is 11.6 Å². The molecule has 0 spiro atoms. The zero-order valence-electron chi connectivity index (χ0n) is 11.9. The van der Waals surface area contributed by atoms with Crippen LogP contribution in [-0.4, -0.2) is 20.2 Å². The van der Waals surface area contributed by atoms with Crippen molar-refractivity contribution >= 4 is 11.7 Å². The molecular formula is C16H16FNO3. The van der Waals surface area contributed by atoms with Gasteiger partial charge in [0.2, 0.25) is 0 Å². The van der Waals surface area contributed by atoms with Crippen LogP contribution >= 0.6 is 0 Å². The second kappa shape index (κ2) is 6.74. The van der Waals surface area contributed by atoms with Gasteiger partial charge in [-0.2, -0.15) is 0 Å². The maximum absolute atomic E-state index is 13.3. The van der Waals surface area contributed by atoms with Gasteiger partial charge in [-0.05, 0) is 35.9 Å². The molecule has 0 saturated heterocycles. The molecule has 0 radical (unpaired) electrons. The molecule has 5 heteroatoms. The van der Waals surface area contributed by atoms with Crippen molar-refractivity contribution in [2.24, 2.45) is 0 Å². The number of ether oxygens (including phenoxy) is 2. The number of hydrogen-bond acceptors (Lipinski definition) is 4. The third kappa shape index (κ3) is 3.72. The Balaban J connectivity index is 2.14. The Morgan fingerprint density at radius 1 is 1.14 bits per heavy atom. The molecule has 4 nitrogen and oxygen atoms in total. The minimum absolute atomic E-state index is 0.299. The molecule has 2 aromatic rings. The Morgan fingerprint density at radius 3 is 2.48 bits per heavy atom. The van der Waals surface area contributed by atoms with E-state index < -0.39 is 11.8 Å². The fraction of sp³-hybridized carbons (Fsp3) is 0.188. The molecule has 2 aromatic carbocycles. The third-order valence-electron chi connectivity index (χ3n) is 3.03. The maximum Gasteiger partial charge on any atom is 0.339 e. The average Bonchev–Trinajstić information content (AvgIpc) is 2.52. The molecule has 2 rings (SSSR count). The van der Waals surface area contributed by atoms with Crippen molar-refractivity contribution in [2.45, 2.75) is 6.54 Å². The van der Waals surface area contributed by atoms with E-state index in [-0.39, 0.29) is 0 Å². The highest BCUT2D eigenvalue weighted by atomic mass is 19.1. The predicted octanol–water partition coefficient (Wildman–Crippen LogP) is 3.23. The van der Waals surface area contributed by atoms with E-state index in [4.69, 9.17) is 4.74 Å². The number of hydrogen-bond donors (Lipinski definition) is 1. The number of carbonyl (C=O) groups is 1. The first kappa shape index (κ1) is 14.8. The van der Waals surface area contributed by atoms with Crippen LogP contribution in [0.5, 0.6) is 5.75 Å². The van der Waals surface area contributed by atoms with Gasteiger partial charge in [0.25, 0.3) is 0 Å². The molecule has 0 amide bonds. The first-order valence-corrected chi connectivity index (χ1v) is 6.38. The standard InChI is InChI=1S/C16H16FNO3/c1-20-13-6-3-11(4-7-13)10-18-15-9-12(17)5-8-14(15)16(19)21-2/h3-9,18H,10H2,1-2H3. The van der Waals surface area contributed by atoms with Gasteiger partial charge >= 0.3 is 5.97 Å². The topological polar surface area (TPSA) is 47.6 Å². The summed E-state index contributed by atoms with van der Waals surface area (Å²) in [5.74, 6) is -0.160. The maximum atomic E-state index is 13.3. The Hall–Kier alpha value is -2.56. The van der Waals surface area contributed by atoms with Crippen molar-refractivity contribution in [3.63, 3.8) is 0 Å². The van der Waals surface area contributed by atoms with E-state index >= 15 is 0 Å². The van der Waals surface area contributed by atoms with E-state index in [0.717, 1.165) is 11.3 Å². The summed E-state index contributed by atoms with van der Waals surface area (Å²) in [6.45, 7) is 0.456. The first-order chi connectivity index (χ1) is 10.1. The van der Waals surface area contributed by atoms with Gasteiger partial charge in [-0.25, -0.2) is 9.18 Å². The second-order valence-electron chi connectivity index (χ2n) is 4.38. The number of nitrogens with one attached hydrogen (secondary N) is 1. The molecule has 0 unspecified atom stereocenters. The van der Waals surface area contributed by atoms with Gasteiger partial charge < -0.3 is 14.8 Å². The lowest BCUT2D eigenvalue weighted by atomic mass is 10.1. The Bertz CT molecular complexity index is 626. The zero-order valence-corrected chi connectivity index (χ0v) is 11.9. The zero-order chi connectivity index (χ0) is 15.2. The van der Waals surface area contributed by atoms with Gasteiger partial charge in [-0.15, -0.1) is 0 Å². The van der Waals surface area contributed by atoms with Crippen LogP contribution < -0.4 is 10.1 Å². The molecular weight excluding hydrogens is 273 g/mol. The van der Waals surface area contributed by atoms with Crippen LogP contribution in [0.3, 0.4) is 0 Å². The molecule has 0 saturated carbocycles. The van der Waals surface area contributed by atoms with E-state index in [1.807, 2.05) is 24.3 Å². The molecule has 0 aliphatic carbocycles. The Labute approximate surface area is 122 Å². The molecule has 1 N–H and O–H groups in total. The van der Waals surface area contributed by atoms with Crippen molar-refractivity contribution in [3.05, 3.63) is 59.4 Å². The van der Waals surface area contributed by atoms with Crippen LogP contribution in [0.25, 0.3) is 0 Å². The third-order valence-corrected chi connectivity index (χ3v) is 3.03. The summed E-state index contributed by atoms with van der Waals surface area (Å²) in [7, 11) is 2.89. The highest BCUT2D eigenvalue weighted by Crippen LogP contribution is 2.20. The summed E-state index contributed by atoms with van der Waals surface area (Å²) in [4.78, 5) is 11.6. The van der Waals surface area contributed by atoms with Gasteiger partial charge in [0.15, 0.2) is 0 Å². The lowest BCUT2D eigenvalue weighted by Crippen LogP contribution is -2.08. The molecule has 0 aliphatic heterocycles. The molecule has 0 heterocycles. The van der Waals surface area contributed by atoms with E-state index in [9.17, 15) is 9.18 Å². The smallest absolute Gasteiger partial charge is 0.339 e. The fourth-order valence-electron chi connectivity index (χ4n) is 1.89. The van der Waals surface area contributed by atoms with Crippen molar-refractivity contribution in [2.75, 3.05) is 19.5 Å². The summed E-state index contributed by atoms with van der Waals surface area (Å²) in [5, 5.41) is 3.04. The minimum atomic E-state index is -0.507. The van der Waals surface area contributed by atoms with Gasteiger partial charge in [-0.3, -0.25) is 0 Å². The van der Waals surface area contributed by atoms with E-state index in [1.54, 1.807) is 7.11 Å². The summed E-state index contributed by atoms with van der Waals surface area (Å²) in [6, 6.07) is 11.4. The monoisotopic (exact) mass is 289 g/mol. The van der Waals surface area contributed by atoms with Crippen molar-refractivity contribution in [1.29, 1.82) is 0 Å². The van der Waals surface area contributed by atoms with E-state index in [1.165, 1.54) is 25.3 Å². The quantitative estimate of drug-likeness (QED) is 0.858. The summed E-state index contributed by atoms with van der Waals surface area (Å²) in [5.41, 5.74) is 1.68. The number of esters is 1. The van der Waals surface area contributed by atoms with Crippen molar-refractivity contribution < 1.29 is 18.7 Å². The molecule has 0 aliphatic rings. The minimum Gasteiger partial charge on any atom is -0.497 e. The SMILES string of the molecule is COC(=O)c1ccc(F)cc1NCc1ccc(OC)cc1. The molecule has 0 fully saturated rings. The lowest BCUT2D eigenvalue weighted by molar-refractivity contribution is 0.0602. The Morgan fingerprint density at radius 2 is 1.86 bits per heavy atom. The summed E-state index contributed by atoms with van der Waals surface area (Å²) >= 11 is 0. The molecule has 21 heavy (non-hydrogen) atoms.